The van der Waals surface area contributed by atoms with Gasteiger partial charge >= 0.3 is 5.97 Å². The van der Waals surface area contributed by atoms with Crippen LogP contribution in [0.25, 0.3) is 0 Å². The number of likely N-dealkylation sites (tertiary alicyclic amines) is 1. The molecule has 1 aromatic rings. The lowest BCUT2D eigenvalue weighted by molar-refractivity contribution is -0.139. The molecule has 0 aliphatic carbocycles. The van der Waals surface area contributed by atoms with Crippen molar-refractivity contribution in [3.63, 3.8) is 0 Å². The number of esters is 1. The molecular formula is C17H26N2O2. The van der Waals surface area contributed by atoms with Crippen LogP contribution in [0, 0.1) is 0 Å². The number of carbonyl (C=O) groups is 1. The van der Waals surface area contributed by atoms with Gasteiger partial charge in [0.25, 0.3) is 0 Å². The SMILES string of the molecule is COC(=O)Cc1ccccc1CN1CCCCC1CCN. The predicted molar refractivity (Wildman–Crippen MR) is 83.9 cm³/mol. The smallest absolute Gasteiger partial charge is 0.309 e. The number of benzene rings is 1. The van der Waals surface area contributed by atoms with Crippen LogP contribution >= 0.6 is 0 Å². The quantitative estimate of drug-likeness (QED) is 0.815. The average Bonchev–Trinajstić information content (AvgIpc) is 2.51. The highest BCUT2D eigenvalue weighted by molar-refractivity contribution is 5.72. The first-order valence-corrected chi connectivity index (χ1v) is 7.82. The fourth-order valence-corrected chi connectivity index (χ4v) is 3.12. The van der Waals surface area contributed by atoms with E-state index in [0.717, 1.165) is 31.6 Å². The first kappa shape index (κ1) is 16.0. The summed E-state index contributed by atoms with van der Waals surface area (Å²) in [7, 11) is 1.44. The highest BCUT2D eigenvalue weighted by Gasteiger charge is 2.22. The molecule has 1 aromatic carbocycles. The number of rotatable bonds is 6. The predicted octanol–water partition coefficient (Wildman–Crippen LogP) is 2.11. The Labute approximate surface area is 127 Å². The second-order valence-corrected chi connectivity index (χ2v) is 5.72. The van der Waals surface area contributed by atoms with Gasteiger partial charge < -0.3 is 10.5 Å². The standard InChI is InChI=1S/C17H26N2O2/c1-21-17(20)12-14-6-2-3-7-15(14)13-19-11-5-4-8-16(19)9-10-18/h2-3,6-7,16H,4-5,8-13,18H2,1H3. The molecule has 2 N–H and O–H groups in total. The van der Waals surface area contributed by atoms with Crippen molar-refractivity contribution in [2.75, 3.05) is 20.2 Å². The molecule has 0 aromatic heterocycles. The normalized spacial score (nSPS) is 19.4. The maximum atomic E-state index is 11.5. The maximum absolute atomic E-state index is 11.5. The molecule has 1 aliphatic rings. The minimum absolute atomic E-state index is 0.181. The van der Waals surface area contributed by atoms with Gasteiger partial charge in [-0.3, -0.25) is 9.69 Å². The van der Waals surface area contributed by atoms with E-state index < -0.39 is 0 Å². The third-order valence-corrected chi connectivity index (χ3v) is 4.30. The zero-order valence-corrected chi connectivity index (χ0v) is 12.9. The minimum atomic E-state index is -0.181. The number of piperidine rings is 1. The third-order valence-electron chi connectivity index (χ3n) is 4.30. The van der Waals surface area contributed by atoms with Crippen molar-refractivity contribution < 1.29 is 9.53 Å². The van der Waals surface area contributed by atoms with Crippen LogP contribution in [0.5, 0.6) is 0 Å². The minimum Gasteiger partial charge on any atom is -0.469 e. The number of hydrogen-bond donors (Lipinski definition) is 1. The van der Waals surface area contributed by atoms with Crippen molar-refractivity contribution in [1.82, 2.24) is 4.90 Å². The van der Waals surface area contributed by atoms with Gasteiger partial charge in [-0.15, -0.1) is 0 Å². The van der Waals surface area contributed by atoms with Crippen LogP contribution < -0.4 is 5.73 Å². The lowest BCUT2D eigenvalue weighted by Gasteiger charge is -2.36. The molecule has 1 heterocycles. The Morgan fingerprint density at radius 1 is 1.33 bits per heavy atom. The summed E-state index contributed by atoms with van der Waals surface area (Å²) in [4.78, 5) is 14.1. The van der Waals surface area contributed by atoms with Gasteiger partial charge in [-0.05, 0) is 43.5 Å². The topological polar surface area (TPSA) is 55.6 Å². The Balaban J connectivity index is 2.08. The Morgan fingerprint density at radius 2 is 2.10 bits per heavy atom. The Kier molecular flexibility index (Phi) is 6.21. The molecule has 21 heavy (non-hydrogen) atoms. The van der Waals surface area contributed by atoms with Crippen LogP contribution in [0.4, 0.5) is 0 Å². The Bertz CT molecular complexity index is 460. The van der Waals surface area contributed by atoms with E-state index in [-0.39, 0.29) is 5.97 Å². The maximum Gasteiger partial charge on any atom is 0.309 e. The van der Waals surface area contributed by atoms with Crippen molar-refractivity contribution in [1.29, 1.82) is 0 Å². The summed E-state index contributed by atoms with van der Waals surface area (Å²) in [6.07, 6.45) is 5.18. The molecule has 4 nitrogen and oxygen atoms in total. The average molecular weight is 290 g/mol. The van der Waals surface area contributed by atoms with E-state index in [0.29, 0.717) is 12.5 Å². The zero-order valence-electron chi connectivity index (χ0n) is 12.9. The van der Waals surface area contributed by atoms with E-state index in [1.807, 2.05) is 18.2 Å². The summed E-state index contributed by atoms with van der Waals surface area (Å²) in [6, 6.07) is 8.74. The molecular weight excluding hydrogens is 264 g/mol. The third kappa shape index (κ3) is 4.55. The molecule has 0 spiro atoms. The van der Waals surface area contributed by atoms with Crippen molar-refractivity contribution in [3.05, 3.63) is 35.4 Å². The molecule has 0 bridgehead atoms. The Hall–Kier alpha value is -1.39. The number of methoxy groups -OCH3 is 1. The zero-order chi connectivity index (χ0) is 15.1. The van der Waals surface area contributed by atoms with Gasteiger partial charge in [0.1, 0.15) is 0 Å². The Morgan fingerprint density at radius 3 is 2.81 bits per heavy atom. The van der Waals surface area contributed by atoms with Gasteiger partial charge in [-0.2, -0.15) is 0 Å². The van der Waals surface area contributed by atoms with Crippen LogP contribution in [0.2, 0.25) is 0 Å². The largest absolute Gasteiger partial charge is 0.469 e. The van der Waals surface area contributed by atoms with Crippen LogP contribution in [-0.2, 0) is 22.5 Å². The van der Waals surface area contributed by atoms with Crippen LogP contribution in [0.3, 0.4) is 0 Å². The highest BCUT2D eigenvalue weighted by atomic mass is 16.5. The van der Waals surface area contributed by atoms with Gasteiger partial charge in [0.15, 0.2) is 0 Å². The number of nitrogens with two attached hydrogens (primary N) is 1. The van der Waals surface area contributed by atoms with Crippen molar-refractivity contribution >= 4 is 5.97 Å². The highest BCUT2D eigenvalue weighted by Crippen LogP contribution is 2.23. The summed E-state index contributed by atoms with van der Waals surface area (Å²) in [5.74, 6) is -0.181. The van der Waals surface area contributed by atoms with Crippen LogP contribution in [0.15, 0.2) is 24.3 Å². The molecule has 0 amide bonds. The molecule has 1 fully saturated rings. The summed E-state index contributed by atoms with van der Waals surface area (Å²) >= 11 is 0. The summed E-state index contributed by atoms with van der Waals surface area (Å²) in [6.45, 7) is 2.76. The van der Waals surface area contributed by atoms with Gasteiger partial charge in [0.05, 0.1) is 13.5 Å². The molecule has 1 aliphatic heterocycles. The molecule has 0 saturated carbocycles. The lowest BCUT2D eigenvalue weighted by atomic mass is 9.97. The van der Waals surface area contributed by atoms with Crippen molar-refractivity contribution in [2.45, 2.75) is 44.7 Å². The molecule has 0 radical (unpaired) electrons. The first-order valence-electron chi connectivity index (χ1n) is 7.82. The van der Waals surface area contributed by atoms with Gasteiger partial charge in [0, 0.05) is 12.6 Å². The van der Waals surface area contributed by atoms with Crippen LogP contribution in [0.1, 0.15) is 36.8 Å². The lowest BCUT2D eigenvalue weighted by Crippen LogP contribution is -2.40. The number of carbonyl (C=O) groups excluding carboxylic acids is 1. The fraction of sp³-hybridized carbons (Fsp3) is 0.588. The monoisotopic (exact) mass is 290 g/mol. The van der Waals surface area contributed by atoms with Gasteiger partial charge in [-0.1, -0.05) is 30.7 Å². The van der Waals surface area contributed by atoms with Gasteiger partial charge in [-0.25, -0.2) is 0 Å². The van der Waals surface area contributed by atoms with E-state index in [2.05, 4.69) is 11.0 Å². The molecule has 116 valence electrons. The molecule has 2 rings (SSSR count). The van der Waals surface area contributed by atoms with E-state index in [4.69, 9.17) is 10.5 Å². The van der Waals surface area contributed by atoms with Crippen molar-refractivity contribution in [3.8, 4) is 0 Å². The molecule has 1 saturated heterocycles. The van der Waals surface area contributed by atoms with Gasteiger partial charge in [0.2, 0.25) is 0 Å². The van der Waals surface area contributed by atoms with E-state index in [1.54, 1.807) is 0 Å². The fourth-order valence-electron chi connectivity index (χ4n) is 3.12. The van der Waals surface area contributed by atoms with E-state index in [1.165, 1.54) is 31.9 Å². The second kappa shape index (κ2) is 8.15. The number of ether oxygens (including phenoxy) is 1. The molecule has 4 heteroatoms. The van der Waals surface area contributed by atoms with Crippen molar-refractivity contribution in [2.24, 2.45) is 5.73 Å². The van der Waals surface area contributed by atoms with E-state index in [9.17, 15) is 4.79 Å². The number of nitrogens with zero attached hydrogens (tertiary/aromatic N) is 1. The summed E-state index contributed by atoms with van der Waals surface area (Å²) in [5.41, 5.74) is 8.04. The van der Waals surface area contributed by atoms with Crippen LogP contribution in [-0.4, -0.2) is 37.1 Å². The number of hydrogen-bond acceptors (Lipinski definition) is 4. The molecule has 1 atom stereocenters. The second-order valence-electron chi connectivity index (χ2n) is 5.72. The summed E-state index contributed by atoms with van der Waals surface area (Å²) in [5, 5.41) is 0. The first-order chi connectivity index (χ1) is 10.2. The summed E-state index contributed by atoms with van der Waals surface area (Å²) < 4.78 is 4.79. The molecule has 1 unspecified atom stereocenters. The van der Waals surface area contributed by atoms with E-state index >= 15 is 0 Å².